The molecule has 85 heavy (non-hydrogen) atoms. The fourth-order valence-electron chi connectivity index (χ4n) is 18.0. The van der Waals surface area contributed by atoms with E-state index in [1.54, 1.807) is 0 Å². The summed E-state index contributed by atoms with van der Waals surface area (Å²) in [5.74, 6) is 0. The van der Waals surface area contributed by atoms with Gasteiger partial charge in [0.05, 0.1) is 32.5 Å². The predicted octanol–water partition coefficient (Wildman–Crippen LogP) is 19.9. The minimum absolute atomic E-state index is 0.0214. The molecule has 2 fully saturated rings. The van der Waals surface area contributed by atoms with Crippen molar-refractivity contribution in [1.29, 1.82) is 0 Å². The molecule has 0 N–H and O–H groups in total. The normalized spacial score (nSPS) is 23.3. The second-order valence-electron chi connectivity index (χ2n) is 30.7. The van der Waals surface area contributed by atoms with Gasteiger partial charge in [-0.1, -0.05) is 187 Å². The van der Waals surface area contributed by atoms with Crippen LogP contribution < -0.4 is 31.1 Å². The van der Waals surface area contributed by atoms with Gasteiger partial charge < -0.3 is 23.7 Å². The molecule has 4 aliphatic heterocycles. The topological polar surface area (TPSA) is 27.8 Å². The number of nitrogens with zero attached hydrogens (tertiary/aromatic N) is 4. The first-order chi connectivity index (χ1) is 40.5. The molecular formula is C78H79BN4OS. The van der Waals surface area contributed by atoms with Crippen molar-refractivity contribution in [3.05, 3.63) is 173 Å². The van der Waals surface area contributed by atoms with Gasteiger partial charge in [-0.2, -0.15) is 0 Å². The van der Waals surface area contributed by atoms with Crippen LogP contribution in [0.3, 0.4) is 0 Å². The molecule has 0 bridgehead atoms. The maximum Gasteiger partial charge on any atom is 0.252 e. The summed E-state index contributed by atoms with van der Waals surface area (Å²) in [4.78, 5) is 8.35. The Morgan fingerprint density at radius 3 is 1.68 bits per heavy atom. The molecule has 0 amide bonds. The first-order valence-electron chi connectivity index (χ1n) is 32.0. The molecule has 6 aliphatic rings. The van der Waals surface area contributed by atoms with Crippen molar-refractivity contribution in [3.63, 3.8) is 0 Å². The highest BCUT2D eigenvalue weighted by Crippen LogP contribution is 2.64. The van der Waals surface area contributed by atoms with Crippen molar-refractivity contribution in [2.45, 2.75) is 180 Å². The SMILES string of the molecule is CC(C)(C)c1ccc2c(c1)C1(C)CCCCC1(C)N2c1ccc2c(c1)N(c1cccc3c1oc1ccccc13)c1cc(N3c4ccc(C(C)(C)C)cc4C4(C)CCCCC34C)cc3c1B2c1cc(C(C)(C)C)cc2c4sc5ccccc5c4n-3c12. The molecule has 3 aromatic heterocycles. The number of aromatic nitrogens is 1. The lowest BCUT2D eigenvalue weighted by Crippen LogP contribution is -2.61. The Balaban J connectivity index is 1.02. The van der Waals surface area contributed by atoms with E-state index in [1.807, 2.05) is 11.3 Å². The number of furan rings is 1. The zero-order valence-corrected chi connectivity index (χ0v) is 53.0. The van der Waals surface area contributed by atoms with E-state index in [9.17, 15) is 0 Å². The summed E-state index contributed by atoms with van der Waals surface area (Å²) in [6.45, 7) is 31.8. The van der Waals surface area contributed by atoms with Gasteiger partial charge in [0, 0.05) is 76.9 Å². The van der Waals surface area contributed by atoms with Crippen LogP contribution >= 0.6 is 11.3 Å². The third kappa shape index (κ3) is 6.67. The number of para-hydroxylation sites is 2. The van der Waals surface area contributed by atoms with Crippen LogP contribution in [0.15, 0.2) is 150 Å². The standard InChI is InChI=1S/C78H79BN4OS/c1-72(2,3)46-29-33-59-55(40-46)75(10)35-18-20-37-77(75,12)82(59)49-31-32-57-62(43-49)80(61-26-22-25-52-51-23-14-16-27-65(51)84-70(52)61)63-44-50(83-60-34-30-47(73(4,5)6)41-56(60)76(11)36-19-21-38-78(76,83)13)45-64-67(63)79(57)58-42-48(74(7,8)9)39-54-68(58)81(64)69-53-24-15-17-28-66(53)85-71(54)69/h14-17,22-34,39-45H,18-21,35-38H2,1-13H3. The molecule has 426 valence electrons. The highest BCUT2D eigenvalue weighted by molar-refractivity contribution is 7.26. The highest BCUT2D eigenvalue weighted by Gasteiger charge is 2.60. The molecule has 0 spiro atoms. The number of thiophene rings is 1. The van der Waals surface area contributed by atoms with Crippen LogP contribution in [-0.4, -0.2) is 22.4 Å². The minimum atomic E-state index is -0.184. The predicted molar refractivity (Wildman–Crippen MR) is 364 cm³/mol. The van der Waals surface area contributed by atoms with Gasteiger partial charge in [-0.15, -0.1) is 11.3 Å². The molecule has 4 atom stereocenters. The Bertz CT molecular complexity index is 4740. The lowest BCUT2D eigenvalue weighted by Gasteiger charge is -2.51. The van der Waals surface area contributed by atoms with E-state index < -0.39 is 0 Å². The molecular weight excluding hydrogens is 1050 g/mol. The maximum absolute atomic E-state index is 7.27. The van der Waals surface area contributed by atoms with Crippen molar-refractivity contribution in [1.82, 2.24) is 4.57 Å². The molecule has 2 saturated carbocycles. The van der Waals surface area contributed by atoms with E-state index in [2.05, 4.69) is 255 Å². The molecule has 7 heterocycles. The van der Waals surface area contributed by atoms with E-state index in [4.69, 9.17) is 4.42 Å². The van der Waals surface area contributed by atoms with E-state index >= 15 is 0 Å². The summed E-state index contributed by atoms with van der Waals surface area (Å²) < 4.78 is 12.7. The molecule has 17 rings (SSSR count). The molecule has 8 aromatic carbocycles. The Kier molecular flexibility index (Phi) is 10.3. The fraction of sp³-hybridized carbons (Fsp3) is 0.359. The van der Waals surface area contributed by atoms with E-state index in [1.165, 1.54) is 147 Å². The van der Waals surface area contributed by atoms with E-state index in [0.717, 1.165) is 46.9 Å². The summed E-state index contributed by atoms with van der Waals surface area (Å²) in [5.41, 5.74) is 25.4. The molecule has 11 aromatic rings. The maximum atomic E-state index is 7.27. The first kappa shape index (κ1) is 52.1. The van der Waals surface area contributed by atoms with Crippen molar-refractivity contribution < 1.29 is 4.42 Å². The van der Waals surface area contributed by atoms with Gasteiger partial charge in [-0.05, 0) is 161 Å². The van der Waals surface area contributed by atoms with Gasteiger partial charge in [0.2, 0.25) is 0 Å². The van der Waals surface area contributed by atoms with Gasteiger partial charge in [0.25, 0.3) is 6.71 Å². The monoisotopic (exact) mass is 1130 g/mol. The van der Waals surface area contributed by atoms with Gasteiger partial charge in [0.15, 0.2) is 5.58 Å². The van der Waals surface area contributed by atoms with Gasteiger partial charge >= 0.3 is 0 Å². The Morgan fingerprint density at radius 2 is 1.02 bits per heavy atom. The lowest BCUT2D eigenvalue weighted by atomic mass is 9.33. The number of hydrogen-bond donors (Lipinski definition) is 0. The smallest absolute Gasteiger partial charge is 0.252 e. The summed E-state index contributed by atoms with van der Waals surface area (Å²) in [7, 11) is 0. The summed E-state index contributed by atoms with van der Waals surface area (Å²) in [5, 5.41) is 4.97. The largest absolute Gasteiger partial charge is 0.454 e. The van der Waals surface area contributed by atoms with E-state index in [0.29, 0.717) is 0 Å². The van der Waals surface area contributed by atoms with E-state index in [-0.39, 0.29) is 44.9 Å². The van der Waals surface area contributed by atoms with Gasteiger partial charge in [-0.25, -0.2) is 0 Å². The average Bonchev–Trinajstić information content (AvgIpc) is 1.64. The van der Waals surface area contributed by atoms with Crippen LogP contribution in [-0.2, 0) is 27.1 Å². The molecule has 0 saturated heterocycles. The zero-order chi connectivity index (χ0) is 58.4. The zero-order valence-electron chi connectivity index (χ0n) is 52.2. The van der Waals surface area contributed by atoms with Crippen LogP contribution in [0.5, 0.6) is 0 Å². The fourth-order valence-corrected chi connectivity index (χ4v) is 19.2. The summed E-state index contributed by atoms with van der Waals surface area (Å²) in [6, 6.07) is 58.0. The number of hydrogen-bond acceptors (Lipinski definition) is 5. The molecule has 5 nitrogen and oxygen atoms in total. The first-order valence-corrected chi connectivity index (χ1v) is 32.8. The van der Waals surface area contributed by atoms with Crippen LogP contribution in [0, 0.1) is 0 Å². The molecule has 0 radical (unpaired) electrons. The highest BCUT2D eigenvalue weighted by atomic mass is 32.1. The molecule has 4 unspecified atom stereocenters. The van der Waals surface area contributed by atoms with Crippen LogP contribution in [0.2, 0.25) is 0 Å². The quantitative estimate of drug-likeness (QED) is 0.165. The van der Waals surface area contributed by atoms with Crippen LogP contribution in [0.4, 0.5) is 39.8 Å². The van der Waals surface area contributed by atoms with Crippen molar-refractivity contribution in [3.8, 4) is 5.69 Å². The third-order valence-corrected chi connectivity index (χ3v) is 24.3. The second kappa shape index (κ2) is 16.8. The number of fused-ring (bicyclic) bond motifs is 18. The van der Waals surface area contributed by atoms with Crippen LogP contribution in [0.25, 0.3) is 58.8 Å². The third-order valence-electron chi connectivity index (χ3n) is 23.1. The lowest BCUT2D eigenvalue weighted by molar-refractivity contribution is 0.195. The number of benzene rings is 8. The summed E-state index contributed by atoms with van der Waals surface area (Å²) >= 11 is 1.97. The second-order valence-corrected chi connectivity index (χ2v) is 31.8. The van der Waals surface area contributed by atoms with Crippen molar-refractivity contribution in [2.75, 3.05) is 14.7 Å². The number of anilines is 7. The van der Waals surface area contributed by atoms with Gasteiger partial charge in [0.1, 0.15) is 5.58 Å². The number of rotatable bonds is 3. The van der Waals surface area contributed by atoms with Crippen molar-refractivity contribution in [2.24, 2.45) is 0 Å². The molecule has 7 heteroatoms. The molecule has 2 aliphatic carbocycles. The Labute approximate surface area is 506 Å². The van der Waals surface area contributed by atoms with Crippen molar-refractivity contribution >= 4 is 127 Å². The van der Waals surface area contributed by atoms with Gasteiger partial charge in [-0.3, -0.25) is 0 Å². The minimum Gasteiger partial charge on any atom is -0.454 e. The Hall–Kier alpha value is -7.22. The average molecular weight is 1130 g/mol. The van der Waals surface area contributed by atoms with Crippen LogP contribution in [0.1, 0.15) is 169 Å². The summed E-state index contributed by atoms with van der Waals surface area (Å²) in [6.07, 6.45) is 9.49. The Morgan fingerprint density at radius 1 is 0.447 bits per heavy atom.